The van der Waals surface area contributed by atoms with E-state index in [2.05, 4.69) is 39.8 Å². The first-order chi connectivity index (χ1) is 10.7. The highest BCUT2D eigenvalue weighted by Crippen LogP contribution is 2.24. The zero-order chi connectivity index (χ0) is 15.8. The van der Waals surface area contributed by atoms with E-state index < -0.39 is 0 Å². The Labute approximate surface area is 138 Å². The van der Waals surface area contributed by atoms with Crippen LogP contribution in [0.4, 0.5) is 5.13 Å². The number of nitrogens with zero attached hydrogens (tertiary/aromatic N) is 3. The Kier molecular flexibility index (Phi) is 6.96. The van der Waals surface area contributed by atoms with E-state index in [0.29, 0.717) is 5.92 Å². The minimum absolute atomic E-state index is 0.713. The summed E-state index contributed by atoms with van der Waals surface area (Å²) in [5.41, 5.74) is 1.18. The van der Waals surface area contributed by atoms with E-state index in [4.69, 9.17) is 4.98 Å². The molecular formula is C16H29N5S. The average Bonchev–Trinajstić information content (AvgIpc) is 3.16. The van der Waals surface area contributed by atoms with E-state index in [1.54, 1.807) is 11.3 Å². The second-order valence-electron chi connectivity index (χ2n) is 6.17. The molecule has 2 rings (SSSR count). The third-order valence-electron chi connectivity index (χ3n) is 3.83. The second-order valence-corrected chi connectivity index (χ2v) is 7.01. The number of aromatic nitrogens is 1. The van der Waals surface area contributed by atoms with Gasteiger partial charge in [0.2, 0.25) is 0 Å². The predicted molar refractivity (Wildman–Crippen MR) is 96.1 cm³/mol. The molecule has 0 aliphatic carbocycles. The van der Waals surface area contributed by atoms with Crippen LogP contribution < -0.4 is 15.5 Å². The fourth-order valence-corrected chi connectivity index (χ4v) is 3.39. The van der Waals surface area contributed by atoms with Gasteiger partial charge in [-0.05, 0) is 25.2 Å². The summed E-state index contributed by atoms with van der Waals surface area (Å²) in [6.07, 6.45) is 4.70. The van der Waals surface area contributed by atoms with Gasteiger partial charge in [0.05, 0.1) is 5.69 Å². The van der Waals surface area contributed by atoms with E-state index >= 15 is 0 Å². The first kappa shape index (κ1) is 17.1. The number of thiazole rings is 1. The van der Waals surface area contributed by atoms with Crippen LogP contribution in [0.3, 0.4) is 0 Å². The van der Waals surface area contributed by atoms with Crippen molar-refractivity contribution < 1.29 is 0 Å². The van der Waals surface area contributed by atoms with E-state index in [1.165, 1.54) is 23.7 Å². The molecule has 1 aromatic heterocycles. The lowest BCUT2D eigenvalue weighted by molar-refractivity contribution is 0.573. The van der Waals surface area contributed by atoms with Crippen LogP contribution in [0, 0.1) is 5.92 Å². The summed E-state index contributed by atoms with van der Waals surface area (Å²) in [4.78, 5) is 11.4. The van der Waals surface area contributed by atoms with Crippen molar-refractivity contribution in [2.45, 2.75) is 39.5 Å². The summed E-state index contributed by atoms with van der Waals surface area (Å²) < 4.78 is 0. The van der Waals surface area contributed by atoms with Gasteiger partial charge in [-0.15, -0.1) is 11.3 Å². The summed E-state index contributed by atoms with van der Waals surface area (Å²) >= 11 is 1.77. The molecule has 2 heterocycles. The molecule has 124 valence electrons. The monoisotopic (exact) mass is 323 g/mol. The summed E-state index contributed by atoms with van der Waals surface area (Å²) in [6, 6.07) is 0. The van der Waals surface area contributed by atoms with Crippen LogP contribution in [0.5, 0.6) is 0 Å². The van der Waals surface area contributed by atoms with Gasteiger partial charge in [0.1, 0.15) is 0 Å². The zero-order valence-electron chi connectivity index (χ0n) is 14.1. The summed E-state index contributed by atoms with van der Waals surface area (Å²) in [7, 11) is 1.82. The normalized spacial score (nSPS) is 15.6. The van der Waals surface area contributed by atoms with Crippen molar-refractivity contribution in [1.29, 1.82) is 0 Å². The lowest BCUT2D eigenvalue weighted by Gasteiger charge is -2.13. The molecule has 5 nitrogen and oxygen atoms in total. The van der Waals surface area contributed by atoms with Gasteiger partial charge < -0.3 is 15.5 Å². The van der Waals surface area contributed by atoms with Crippen LogP contribution in [-0.4, -0.2) is 44.2 Å². The van der Waals surface area contributed by atoms with Gasteiger partial charge in [0.15, 0.2) is 11.1 Å². The van der Waals surface area contributed by atoms with Crippen molar-refractivity contribution in [1.82, 2.24) is 15.6 Å². The van der Waals surface area contributed by atoms with Gasteiger partial charge in [0, 0.05) is 45.0 Å². The molecule has 0 saturated carbocycles. The van der Waals surface area contributed by atoms with Gasteiger partial charge >= 0.3 is 0 Å². The van der Waals surface area contributed by atoms with Crippen molar-refractivity contribution in [2.24, 2.45) is 10.9 Å². The van der Waals surface area contributed by atoms with Crippen LogP contribution in [0.15, 0.2) is 10.4 Å². The fraction of sp³-hybridized carbons (Fsp3) is 0.750. The first-order valence-corrected chi connectivity index (χ1v) is 9.21. The third kappa shape index (κ3) is 5.48. The Morgan fingerprint density at radius 2 is 2.05 bits per heavy atom. The Hall–Kier alpha value is -1.30. The Morgan fingerprint density at radius 3 is 2.73 bits per heavy atom. The number of anilines is 1. The molecule has 1 aliphatic heterocycles. The van der Waals surface area contributed by atoms with Gasteiger partial charge in [-0.25, -0.2) is 4.98 Å². The lowest BCUT2D eigenvalue weighted by atomic mass is 10.1. The number of guanidine groups is 1. The summed E-state index contributed by atoms with van der Waals surface area (Å²) in [5, 5.41) is 10.1. The molecular weight excluding hydrogens is 294 g/mol. The van der Waals surface area contributed by atoms with Crippen molar-refractivity contribution in [2.75, 3.05) is 38.1 Å². The standard InChI is InChI=1S/C16H29N5S/c1-13(2)6-8-18-15(17-3)19-9-7-14-12-22-16(20-14)21-10-4-5-11-21/h12-13H,4-11H2,1-3H3,(H2,17,18,19). The minimum Gasteiger partial charge on any atom is -0.356 e. The molecule has 0 aromatic carbocycles. The third-order valence-corrected chi connectivity index (χ3v) is 4.78. The number of rotatable bonds is 7. The molecule has 1 aliphatic rings. The molecule has 0 atom stereocenters. The van der Waals surface area contributed by atoms with Crippen LogP contribution in [0.2, 0.25) is 0 Å². The maximum Gasteiger partial charge on any atom is 0.190 e. The highest BCUT2D eigenvalue weighted by atomic mass is 32.1. The minimum atomic E-state index is 0.713. The molecule has 0 radical (unpaired) electrons. The zero-order valence-corrected chi connectivity index (χ0v) is 14.9. The lowest BCUT2D eigenvalue weighted by Crippen LogP contribution is -2.39. The van der Waals surface area contributed by atoms with E-state index in [0.717, 1.165) is 45.0 Å². The Bertz CT molecular complexity index is 463. The molecule has 22 heavy (non-hydrogen) atoms. The maximum absolute atomic E-state index is 4.74. The molecule has 1 aromatic rings. The molecule has 0 amide bonds. The Morgan fingerprint density at radius 1 is 1.32 bits per heavy atom. The molecule has 6 heteroatoms. The number of nitrogens with one attached hydrogen (secondary N) is 2. The van der Waals surface area contributed by atoms with E-state index in [9.17, 15) is 0 Å². The largest absolute Gasteiger partial charge is 0.356 e. The molecule has 1 saturated heterocycles. The second kappa shape index (κ2) is 8.98. The summed E-state index contributed by atoms with van der Waals surface area (Å²) in [6.45, 7) is 8.63. The SMILES string of the molecule is CN=C(NCCc1csc(N2CCCC2)n1)NCCC(C)C. The smallest absolute Gasteiger partial charge is 0.190 e. The fourth-order valence-electron chi connectivity index (χ4n) is 2.47. The quantitative estimate of drug-likeness (QED) is 0.598. The van der Waals surface area contributed by atoms with Crippen molar-refractivity contribution >= 4 is 22.4 Å². The molecule has 2 N–H and O–H groups in total. The number of hydrogen-bond donors (Lipinski definition) is 2. The van der Waals surface area contributed by atoms with Crippen molar-refractivity contribution in [3.8, 4) is 0 Å². The van der Waals surface area contributed by atoms with Gasteiger partial charge in [-0.3, -0.25) is 4.99 Å². The van der Waals surface area contributed by atoms with E-state index in [1.807, 2.05) is 7.05 Å². The van der Waals surface area contributed by atoms with Gasteiger partial charge in [0.25, 0.3) is 0 Å². The number of hydrogen-bond acceptors (Lipinski definition) is 4. The van der Waals surface area contributed by atoms with Crippen LogP contribution in [0.1, 0.15) is 38.8 Å². The number of aliphatic imine (C=N–C) groups is 1. The van der Waals surface area contributed by atoms with Crippen molar-refractivity contribution in [3.05, 3.63) is 11.1 Å². The topological polar surface area (TPSA) is 52.6 Å². The highest BCUT2D eigenvalue weighted by molar-refractivity contribution is 7.13. The van der Waals surface area contributed by atoms with E-state index in [-0.39, 0.29) is 0 Å². The predicted octanol–water partition coefficient (Wildman–Crippen LogP) is 2.50. The first-order valence-electron chi connectivity index (χ1n) is 8.33. The molecule has 0 spiro atoms. The van der Waals surface area contributed by atoms with Gasteiger partial charge in [-0.2, -0.15) is 0 Å². The molecule has 0 unspecified atom stereocenters. The van der Waals surface area contributed by atoms with Crippen LogP contribution in [-0.2, 0) is 6.42 Å². The average molecular weight is 324 g/mol. The van der Waals surface area contributed by atoms with Crippen LogP contribution >= 0.6 is 11.3 Å². The van der Waals surface area contributed by atoms with Crippen LogP contribution in [0.25, 0.3) is 0 Å². The highest BCUT2D eigenvalue weighted by Gasteiger charge is 2.15. The van der Waals surface area contributed by atoms with Gasteiger partial charge in [-0.1, -0.05) is 13.8 Å². The Balaban J connectivity index is 1.68. The molecule has 1 fully saturated rings. The van der Waals surface area contributed by atoms with Crippen molar-refractivity contribution in [3.63, 3.8) is 0 Å². The molecule has 0 bridgehead atoms. The summed E-state index contributed by atoms with van der Waals surface area (Å²) in [5.74, 6) is 1.60. The maximum atomic E-state index is 4.74.